The smallest absolute Gasteiger partial charge is 0.240 e. The fourth-order valence-corrected chi connectivity index (χ4v) is 4.83. The Labute approximate surface area is 204 Å². The SMILES string of the molecule is CCCO[C@@H](c1ncc(C)cn1)[C@H](C)S(=O)(=O)Nc1nnc2n1[C@@H](COC)COc1ncccc1-2. The van der Waals surface area contributed by atoms with E-state index < -0.39 is 21.4 Å². The Morgan fingerprint density at radius 1 is 1.26 bits per heavy atom. The van der Waals surface area contributed by atoms with Crippen LogP contribution in [0.25, 0.3) is 11.4 Å². The van der Waals surface area contributed by atoms with Gasteiger partial charge >= 0.3 is 0 Å². The van der Waals surface area contributed by atoms with E-state index in [1.54, 1.807) is 49.3 Å². The number of anilines is 1. The molecule has 0 amide bonds. The Hall–Kier alpha value is -3.16. The lowest BCUT2D eigenvalue weighted by Gasteiger charge is -2.24. The number of rotatable bonds is 10. The van der Waals surface area contributed by atoms with E-state index in [0.29, 0.717) is 36.1 Å². The van der Waals surface area contributed by atoms with Gasteiger partial charge in [0.05, 0.1) is 18.2 Å². The highest BCUT2D eigenvalue weighted by Crippen LogP contribution is 2.35. The van der Waals surface area contributed by atoms with Gasteiger partial charge in [-0.1, -0.05) is 6.92 Å². The topological polar surface area (TPSA) is 143 Å². The normalized spacial score (nSPS) is 17.0. The van der Waals surface area contributed by atoms with Gasteiger partial charge in [0, 0.05) is 32.3 Å². The lowest BCUT2D eigenvalue weighted by atomic mass is 10.2. The minimum Gasteiger partial charge on any atom is -0.475 e. The van der Waals surface area contributed by atoms with Crippen LogP contribution < -0.4 is 9.46 Å². The zero-order chi connectivity index (χ0) is 25.0. The summed E-state index contributed by atoms with van der Waals surface area (Å²) in [6.07, 6.45) is 4.73. The predicted molar refractivity (Wildman–Crippen MR) is 127 cm³/mol. The van der Waals surface area contributed by atoms with Crippen LogP contribution in [0.3, 0.4) is 0 Å². The summed E-state index contributed by atoms with van der Waals surface area (Å²) < 4.78 is 48.4. The maximum absolute atomic E-state index is 13.5. The van der Waals surface area contributed by atoms with Crippen molar-refractivity contribution < 1.29 is 22.6 Å². The fourth-order valence-electron chi connectivity index (χ4n) is 3.73. The van der Waals surface area contributed by atoms with Crippen LogP contribution >= 0.6 is 0 Å². The lowest BCUT2D eigenvalue weighted by Crippen LogP contribution is -2.35. The van der Waals surface area contributed by atoms with Crippen LogP contribution in [0.2, 0.25) is 0 Å². The summed E-state index contributed by atoms with van der Waals surface area (Å²) in [4.78, 5) is 12.9. The van der Waals surface area contributed by atoms with Crippen molar-refractivity contribution in [2.75, 3.05) is 31.7 Å². The number of nitrogens with one attached hydrogen (secondary N) is 1. The van der Waals surface area contributed by atoms with Crippen LogP contribution in [-0.2, 0) is 19.5 Å². The molecule has 0 fully saturated rings. The molecule has 0 spiro atoms. The third-order valence-corrected chi connectivity index (χ3v) is 7.24. The average Bonchev–Trinajstić information content (AvgIpc) is 3.18. The van der Waals surface area contributed by atoms with Gasteiger partial charge in [-0.15, -0.1) is 10.2 Å². The highest BCUT2D eigenvalue weighted by molar-refractivity contribution is 7.93. The van der Waals surface area contributed by atoms with Crippen molar-refractivity contribution in [1.82, 2.24) is 29.7 Å². The Morgan fingerprint density at radius 3 is 2.74 bits per heavy atom. The van der Waals surface area contributed by atoms with Crippen LogP contribution in [0.4, 0.5) is 5.95 Å². The van der Waals surface area contributed by atoms with Gasteiger partial charge in [-0.25, -0.2) is 23.4 Å². The molecule has 35 heavy (non-hydrogen) atoms. The molecule has 0 bridgehead atoms. The first kappa shape index (κ1) is 24.9. The Kier molecular flexibility index (Phi) is 7.57. The van der Waals surface area contributed by atoms with E-state index in [9.17, 15) is 8.42 Å². The number of aromatic nitrogens is 6. The number of hydrogen-bond acceptors (Lipinski definition) is 10. The van der Waals surface area contributed by atoms with Gasteiger partial charge < -0.3 is 14.2 Å². The molecule has 0 radical (unpaired) electrons. The largest absolute Gasteiger partial charge is 0.475 e. The Morgan fingerprint density at radius 2 is 2.03 bits per heavy atom. The van der Waals surface area contributed by atoms with Gasteiger partial charge in [0.2, 0.25) is 21.9 Å². The molecule has 0 saturated heterocycles. The number of ether oxygens (including phenoxy) is 3. The summed E-state index contributed by atoms with van der Waals surface area (Å²) in [5.41, 5.74) is 1.47. The van der Waals surface area contributed by atoms with Crippen LogP contribution in [0.5, 0.6) is 5.88 Å². The van der Waals surface area contributed by atoms with E-state index in [-0.39, 0.29) is 25.2 Å². The molecule has 1 N–H and O–H groups in total. The minimum absolute atomic E-state index is 0.0493. The van der Waals surface area contributed by atoms with Crippen LogP contribution in [0.1, 0.15) is 43.8 Å². The maximum Gasteiger partial charge on any atom is 0.240 e. The summed E-state index contributed by atoms with van der Waals surface area (Å²) in [6, 6.07) is 3.16. The summed E-state index contributed by atoms with van der Waals surface area (Å²) in [7, 11) is -2.45. The van der Waals surface area contributed by atoms with Crippen LogP contribution in [-0.4, -0.2) is 70.3 Å². The molecule has 13 heteroatoms. The standard InChI is InChI=1S/C22H29N7O5S/c1-5-9-33-18(19-24-10-14(2)11-25-19)15(3)35(30,31)28-22-27-26-20-17-7-6-8-23-21(17)34-13-16(12-32-4)29(20)22/h6-8,10-11,15-16,18H,5,9,12-13H2,1-4H3,(H,27,28)/t15-,16-,18+/m0/s1. The summed E-state index contributed by atoms with van der Waals surface area (Å²) >= 11 is 0. The third-order valence-electron chi connectivity index (χ3n) is 5.55. The molecule has 0 aromatic carbocycles. The van der Waals surface area contributed by atoms with Crippen molar-refractivity contribution in [2.24, 2.45) is 0 Å². The second kappa shape index (κ2) is 10.6. The van der Waals surface area contributed by atoms with E-state index in [1.807, 2.05) is 13.8 Å². The highest BCUT2D eigenvalue weighted by atomic mass is 32.2. The maximum atomic E-state index is 13.5. The molecular weight excluding hydrogens is 474 g/mol. The van der Waals surface area contributed by atoms with Crippen molar-refractivity contribution in [3.63, 3.8) is 0 Å². The van der Waals surface area contributed by atoms with Gasteiger partial charge in [-0.3, -0.25) is 9.29 Å². The first-order valence-electron chi connectivity index (χ1n) is 11.3. The number of pyridine rings is 1. The molecule has 0 saturated carbocycles. The van der Waals surface area contributed by atoms with E-state index in [1.165, 1.54) is 0 Å². The zero-order valence-corrected chi connectivity index (χ0v) is 20.9. The minimum atomic E-state index is -4.01. The van der Waals surface area contributed by atoms with Crippen LogP contribution in [0.15, 0.2) is 30.7 Å². The molecule has 0 aliphatic carbocycles. The van der Waals surface area contributed by atoms with E-state index in [4.69, 9.17) is 14.2 Å². The third kappa shape index (κ3) is 5.26. The molecule has 4 rings (SSSR count). The van der Waals surface area contributed by atoms with Crippen molar-refractivity contribution >= 4 is 16.0 Å². The molecule has 4 heterocycles. The number of methoxy groups -OCH3 is 1. The molecule has 1 aliphatic heterocycles. The second-order valence-corrected chi connectivity index (χ2v) is 10.3. The summed E-state index contributed by atoms with van der Waals surface area (Å²) in [5.74, 6) is 1.17. The predicted octanol–water partition coefficient (Wildman–Crippen LogP) is 2.32. The number of nitrogens with zero attached hydrogens (tertiary/aromatic N) is 6. The van der Waals surface area contributed by atoms with Gasteiger partial charge in [-0.2, -0.15) is 0 Å². The number of sulfonamides is 1. The monoisotopic (exact) mass is 503 g/mol. The summed E-state index contributed by atoms with van der Waals surface area (Å²) in [6.45, 7) is 6.17. The van der Waals surface area contributed by atoms with Crippen LogP contribution in [0, 0.1) is 6.92 Å². The molecule has 3 aromatic heterocycles. The van der Waals surface area contributed by atoms with E-state index in [2.05, 4.69) is 29.9 Å². The summed E-state index contributed by atoms with van der Waals surface area (Å²) in [5, 5.41) is 7.38. The zero-order valence-electron chi connectivity index (χ0n) is 20.1. The molecular formula is C22H29N7O5S. The number of aryl methyl sites for hydroxylation is 1. The fraction of sp³-hybridized carbons (Fsp3) is 0.500. The van der Waals surface area contributed by atoms with Gasteiger partial charge in [0.25, 0.3) is 0 Å². The highest BCUT2D eigenvalue weighted by Gasteiger charge is 2.36. The van der Waals surface area contributed by atoms with Crippen molar-refractivity contribution in [3.8, 4) is 17.3 Å². The Balaban J connectivity index is 1.69. The first-order chi connectivity index (χ1) is 16.9. The Bertz CT molecular complexity index is 1250. The van der Waals surface area contributed by atoms with Gasteiger partial charge in [0.1, 0.15) is 18.0 Å². The molecule has 3 aromatic rings. The van der Waals surface area contributed by atoms with Gasteiger partial charge in [-0.05, 0) is 38.0 Å². The second-order valence-electron chi connectivity index (χ2n) is 8.26. The molecule has 188 valence electrons. The molecule has 12 nitrogen and oxygen atoms in total. The number of fused-ring (bicyclic) bond motifs is 3. The molecule has 3 atom stereocenters. The van der Waals surface area contributed by atoms with E-state index in [0.717, 1.165) is 5.56 Å². The number of hydrogen-bond donors (Lipinski definition) is 1. The lowest BCUT2D eigenvalue weighted by molar-refractivity contribution is 0.0466. The molecule has 0 unspecified atom stereocenters. The van der Waals surface area contributed by atoms with Crippen molar-refractivity contribution in [1.29, 1.82) is 0 Å². The van der Waals surface area contributed by atoms with Crippen molar-refractivity contribution in [2.45, 2.75) is 44.6 Å². The average molecular weight is 504 g/mol. The van der Waals surface area contributed by atoms with E-state index >= 15 is 0 Å². The quantitative estimate of drug-likeness (QED) is 0.438. The first-order valence-corrected chi connectivity index (χ1v) is 12.8. The van der Waals surface area contributed by atoms with Gasteiger partial charge in [0.15, 0.2) is 11.6 Å². The molecule has 1 aliphatic rings. The van der Waals surface area contributed by atoms with Crippen molar-refractivity contribution in [3.05, 3.63) is 42.1 Å².